The van der Waals surface area contributed by atoms with E-state index in [1.807, 2.05) is 6.92 Å². The molecule has 1 N–H and O–H groups in total. The molecule has 0 aromatic heterocycles. The van der Waals surface area contributed by atoms with Gasteiger partial charge in [-0.05, 0) is 32.6 Å². The molecule has 2 aliphatic heterocycles. The van der Waals surface area contributed by atoms with Gasteiger partial charge in [-0.2, -0.15) is 0 Å². The van der Waals surface area contributed by atoms with Gasteiger partial charge in [-0.3, -0.25) is 9.69 Å². The van der Waals surface area contributed by atoms with Crippen molar-refractivity contribution in [3.05, 3.63) is 0 Å². The number of hydrogen-bond donors (Lipinski definition) is 1. The van der Waals surface area contributed by atoms with Crippen LogP contribution < -0.4 is 5.32 Å². The lowest BCUT2D eigenvalue weighted by Gasteiger charge is -2.46. The number of carbonyl (C=O) groups excluding carboxylic acids is 1. The number of esters is 1. The average Bonchev–Trinajstić information content (AvgIpc) is 2.95. The molecule has 3 fully saturated rings. The Morgan fingerprint density at radius 1 is 1.43 bits per heavy atom. The molecule has 3 aliphatic rings. The van der Waals surface area contributed by atoms with Crippen LogP contribution in [0.5, 0.6) is 0 Å². The highest BCUT2D eigenvalue weighted by Crippen LogP contribution is 2.41. The Labute approximate surface area is 127 Å². The molecule has 5 nitrogen and oxygen atoms in total. The van der Waals surface area contributed by atoms with Crippen molar-refractivity contribution in [2.75, 3.05) is 32.8 Å². The third-order valence-corrected chi connectivity index (χ3v) is 5.29. The van der Waals surface area contributed by atoms with Gasteiger partial charge in [-0.1, -0.05) is 12.8 Å². The van der Waals surface area contributed by atoms with Gasteiger partial charge in [0.2, 0.25) is 0 Å². The minimum absolute atomic E-state index is 0.0725. The Morgan fingerprint density at radius 3 is 3.00 bits per heavy atom. The molecule has 2 atom stereocenters. The van der Waals surface area contributed by atoms with Gasteiger partial charge in [-0.25, -0.2) is 0 Å². The van der Waals surface area contributed by atoms with E-state index in [2.05, 4.69) is 10.2 Å². The van der Waals surface area contributed by atoms with Gasteiger partial charge in [0.05, 0.1) is 12.2 Å². The Balaban J connectivity index is 1.69. The molecule has 21 heavy (non-hydrogen) atoms. The van der Waals surface area contributed by atoms with Crippen molar-refractivity contribution in [3.63, 3.8) is 0 Å². The van der Waals surface area contributed by atoms with E-state index >= 15 is 0 Å². The van der Waals surface area contributed by atoms with Crippen LogP contribution in [0.2, 0.25) is 0 Å². The van der Waals surface area contributed by atoms with Crippen molar-refractivity contribution in [2.24, 2.45) is 0 Å². The lowest BCUT2D eigenvalue weighted by Crippen LogP contribution is -2.61. The average molecular weight is 296 g/mol. The first-order chi connectivity index (χ1) is 10.2. The molecule has 3 rings (SSSR count). The van der Waals surface area contributed by atoms with Crippen molar-refractivity contribution < 1.29 is 14.3 Å². The van der Waals surface area contributed by atoms with Gasteiger partial charge >= 0.3 is 5.97 Å². The highest BCUT2D eigenvalue weighted by atomic mass is 16.5. The van der Waals surface area contributed by atoms with E-state index in [-0.39, 0.29) is 17.6 Å². The Bertz CT molecular complexity index is 369. The standard InChI is InChI=1S/C16H28N2O3/c1-2-20-15(19)14-12-17-8-9-18(14)13-5-10-21-16(11-13)6-3-4-7-16/h13-14,17H,2-12H2,1H3. The van der Waals surface area contributed by atoms with Crippen LogP contribution in [-0.4, -0.2) is 61.4 Å². The number of carbonyl (C=O) groups is 1. The lowest BCUT2D eigenvalue weighted by molar-refractivity contribution is -0.156. The summed E-state index contributed by atoms with van der Waals surface area (Å²) in [5, 5.41) is 3.33. The second kappa shape index (κ2) is 6.63. The van der Waals surface area contributed by atoms with E-state index in [0.717, 1.165) is 32.5 Å². The summed E-state index contributed by atoms with van der Waals surface area (Å²) < 4.78 is 11.4. The van der Waals surface area contributed by atoms with Crippen molar-refractivity contribution in [2.45, 2.75) is 63.1 Å². The van der Waals surface area contributed by atoms with Gasteiger partial charge in [0.25, 0.3) is 0 Å². The van der Waals surface area contributed by atoms with Gasteiger partial charge in [0.15, 0.2) is 0 Å². The number of rotatable bonds is 3. The normalized spacial score (nSPS) is 33.2. The van der Waals surface area contributed by atoms with Crippen LogP contribution in [0.25, 0.3) is 0 Å². The van der Waals surface area contributed by atoms with Gasteiger partial charge in [-0.15, -0.1) is 0 Å². The van der Waals surface area contributed by atoms with Crippen molar-refractivity contribution in [3.8, 4) is 0 Å². The molecule has 2 heterocycles. The fraction of sp³-hybridized carbons (Fsp3) is 0.938. The summed E-state index contributed by atoms with van der Waals surface area (Å²) in [6.07, 6.45) is 7.09. The van der Waals surface area contributed by atoms with E-state index in [0.29, 0.717) is 19.2 Å². The topological polar surface area (TPSA) is 50.8 Å². The van der Waals surface area contributed by atoms with Gasteiger partial charge in [0.1, 0.15) is 6.04 Å². The number of nitrogens with zero attached hydrogens (tertiary/aromatic N) is 1. The fourth-order valence-electron chi connectivity index (χ4n) is 4.27. The fourth-order valence-corrected chi connectivity index (χ4v) is 4.27. The van der Waals surface area contributed by atoms with E-state index in [4.69, 9.17) is 9.47 Å². The summed E-state index contributed by atoms with van der Waals surface area (Å²) >= 11 is 0. The van der Waals surface area contributed by atoms with Gasteiger partial charge in [0, 0.05) is 32.3 Å². The summed E-state index contributed by atoms with van der Waals surface area (Å²) in [4.78, 5) is 14.6. The monoisotopic (exact) mass is 296 g/mol. The first-order valence-corrected chi connectivity index (χ1v) is 8.51. The molecule has 120 valence electrons. The third kappa shape index (κ3) is 3.25. The zero-order valence-corrected chi connectivity index (χ0v) is 13.1. The number of hydrogen-bond acceptors (Lipinski definition) is 5. The van der Waals surface area contributed by atoms with Crippen LogP contribution >= 0.6 is 0 Å². The van der Waals surface area contributed by atoms with Crippen molar-refractivity contribution >= 4 is 5.97 Å². The van der Waals surface area contributed by atoms with Crippen LogP contribution in [0.4, 0.5) is 0 Å². The summed E-state index contributed by atoms with van der Waals surface area (Å²) in [5.41, 5.74) is 0.104. The second-order valence-corrected chi connectivity index (χ2v) is 6.60. The van der Waals surface area contributed by atoms with Crippen LogP contribution in [0.1, 0.15) is 45.4 Å². The minimum atomic E-state index is -0.125. The van der Waals surface area contributed by atoms with Crippen molar-refractivity contribution in [1.29, 1.82) is 0 Å². The summed E-state index contributed by atoms with van der Waals surface area (Å²) in [6, 6.07) is 0.341. The van der Waals surface area contributed by atoms with Crippen LogP contribution in [0.15, 0.2) is 0 Å². The van der Waals surface area contributed by atoms with E-state index < -0.39 is 0 Å². The first-order valence-electron chi connectivity index (χ1n) is 8.51. The van der Waals surface area contributed by atoms with Crippen LogP contribution in [0, 0.1) is 0 Å². The molecule has 0 aromatic rings. The molecule has 2 unspecified atom stereocenters. The van der Waals surface area contributed by atoms with Crippen LogP contribution in [-0.2, 0) is 14.3 Å². The first kappa shape index (κ1) is 15.3. The third-order valence-electron chi connectivity index (χ3n) is 5.29. The zero-order valence-electron chi connectivity index (χ0n) is 13.1. The molecule has 1 spiro atoms. The largest absolute Gasteiger partial charge is 0.465 e. The molecular weight excluding hydrogens is 268 g/mol. The predicted octanol–water partition coefficient (Wildman–Crippen LogP) is 1.32. The highest BCUT2D eigenvalue weighted by molar-refractivity contribution is 5.76. The lowest BCUT2D eigenvalue weighted by atomic mass is 9.87. The zero-order chi connectivity index (χ0) is 14.7. The summed E-state index contributed by atoms with van der Waals surface area (Å²) in [7, 11) is 0. The maximum atomic E-state index is 12.2. The molecule has 5 heteroatoms. The van der Waals surface area contributed by atoms with Gasteiger partial charge < -0.3 is 14.8 Å². The minimum Gasteiger partial charge on any atom is -0.465 e. The maximum Gasteiger partial charge on any atom is 0.324 e. The second-order valence-electron chi connectivity index (χ2n) is 6.60. The quantitative estimate of drug-likeness (QED) is 0.796. The SMILES string of the molecule is CCOC(=O)C1CNCCN1C1CCOC2(CCCC2)C1. The Morgan fingerprint density at radius 2 is 2.24 bits per heavy atom. The molecule has 1 aliphatic carbocycles. The molecule has 1 saturated carbocycles. The highest BCUT2D eigenvalue weighted by Gasteiger charge is 2.44. The maximum absolute atomic E-state index is 12.2. The molecule has 0 bridgehead atoms. The smallest absolute Gasteiger partial charge is 0.324 e. The van der Waals surface area contributed by atoms with Crippen molar-refractivity contribution in [1.82, 2.24) is 10.2 Å². The molecule has 0 aromatic carbocycles. The Kier molecular flexibility index (Phi) is 4.82. The number of ether oxygens (including phenoxy) is 2. The van der Waals surface area contributed by atoms with E-state index in [1.165, 1.54) is 25.7 Å². The number of nitrogens with one attached hydrogen (secondary N) is 1. The number of piperazine rings is 1. The summed E-state index contributed by atoms with van der Waals surface area (Å²) in [5.74, 6) is -0.0725. The van der Waals surface area contributed by atoms with E-state index in [1.54, 1.807) is 0 Å². The molecule has 2 saturated heterocycles. The van der Waals surface area contributed by atoms with E-state index in [9.17, 15) is 4.79 Å². The molecule has 0 radical (unpaired) electrons. The molecular formula is C16H28N2O3. The van der Waals surface area contributed by atoms with Crippen LogP contribution in [0.3, 0.4) is 0 Å². The Hall–Kier alpha value is -0.650. The summed E-state index contributed by atoms with van der Waals surface area (Å²) in [6.45, 7) is 5.78. The molecule has 0 amide bonds. The predicted molar refractivity (Wildman–Crippen MR) is 80.2 cm³/mol.